The fourth-order valence-corrected chi connectivity index (χ4v) is 1.32. The van der Waals surface area contributed by atoms with E-state index in [1.54, 1.807) is 0 Å². The molecule has 1 heteroatoms. The van der Waals surface area contributed by atoms with Gasteiger partial charge < -0.3 is 0 Å². The lowest BCUT2D eigenvalue weighted by Crippen LogP contribution is -1.96. The first kappa shape index (κ1) is 6.84. The Bertz CT molecular complexity index is 274. The lowest BCUT2D eigenvalue weighted by atomic mass is 10.1. The van der Waals surface area contributed by atoms with Gasteiger partial charge in [-0.15, -0.1) is 0 Å². The smallest absolute Gasteiger partial charge is 0.136 e. The topological polar surface area (TPSA) is 0 Å². The third kappa shape index (κ3) is 1.15. The second-order valence-corrected chi connectivity index (χ2v) is 3.33. The van der Waals surface area contributed by atoms with Gasteiger partial charge in [0.15, 0.2) is 0 Å². The summed E-state index contributed by atoms with van der Waals surface area (Å²) >= 11 is 0. The molecule has 0 spiro atoms. The fraction of sp³-hybridized carbons (Fsp3) is 0.400. The standard InChI is InChI=1S/C10H11F/c1-8-3-2-4-9(7-8)10(11)5-6-10/h2-4,7H,5-6H2,1H3. The van der Waals surface area contributed by atoms with Crippen molar-refractivity contribution in [3.63, 3.8) is 0 Å². The zero-order chi connectivity index (χ0) is 7.90. The van der Waals surface area contributed by atoms with Gasteiger partial charge in [-0.05, 0) is 25.3 Å². The Labute approximate surface area is 66.1 Å². The van der Waals surface area contributed by atoms with Crippen molar-refractivity contribution < 1.29 is 4.39 Å². The highest BCUT2D eigenvalue weighted by atomic mass is 19.1. The summed E-state index contributed by atoms with van der Waals surface area (Å²) < 4.78 is 13.4. The molecule has 0 aliphatic heterocycles. The molecular formula is C10H11F. The zero-order valence-corrected chi connectivity index (χ0v) is 6.60. The van der Waals surface area contributed by atoms with E-state index in [9.17, 15) is 4.39 Å². The molecular weight excluding hydrogens is 139 g/mol. The van der Waals surface area contributed by atoms with Crippen molar-refractivity contribution in [3.8, 4) is 0 Å². The van der Waals surface area contributed by atoms with Crippen molar-refractivity contribution in [1.29, 1.82) is 0 Å². The van der Waals surface area contributed by atoms with Crippen LogP contribution in [0.25, 0.3) is 0 Å². The quantitative estimate of drug-likeness (QED) is 0.577. The van der Waals surface area contributed by atoms with Crippen LogP contribution in [0.3, 0.4) is 0 Å². The van der Waals surface area contributed by atoms with Crippen LogP contribution in [0.2, 0.25) is 0 Å². The van der Waals surface area contributed by atoms with Gasteiger partial charge in [-0.1, -0.05) is 29.8 Å². The predicted octanol–water partition coefficient (Wildman–Crippen LogP) is 2.95. The minimum absolute atomic E-state index is 0.705. The number of halogens is 1. The molecule has 0 aromatic heterocycles. The largest absolute Gasteiger partial charge is 0.239 e. The predicted molar refractivity (Wildman–Crippen MR) is 43.2 cm³/mol. The van der Waals surface area contributed by atoms with Gasteiger partial charge in [0, 0.05) is 0 Å². The molecule has 0 bridgehead atoms. The van der Waals surface area contributed by atoms with Crippen LogP contribution in [0.15, 0.2) is 24.3 Å². The highest BCUT2D eigenvalue weighted by Gasteiger charge is 2.44. The maximum atomic E-state index is 13.4. The van der Waals surface area contributed by atoms with Crippen LogP contribution in [0.1, 0.15) is 24.0 Å². The molecule has 0 heterocycles. The molecule has 11 heavy (non-hydrogen) atoms. The minimum atomic E-state index is -0.966. The maximum Gasteiger partial charge on any atom is 0.136 e. The second-order valence-electron chi connectivity index (χ2n) is 3.33. The van der Waals surface area contributed by atoms with E-state index in [-0.39, 0.29) is 0 Å². The van der Waals surface area contributed by atoms with Crippen LogP contribution in [0.5, 0.6) is 0 Å². The van der Waals surface area contributed by atoms with Gasteiger partial charge in [-0.3, -0.25) is 0 Å². The van der Waals surface area contributed by atoms with Crippen LogP contribution in [0.4, 0.5) is 4.39 Å². The highest BCUT2D eigenvalue weighted by molar-refractivity contribution is 5.31. The number of hydrogen-bond donors (Lipinski definition) is 0. The van der Waals surface area contributed by atoms with Crippen molar-refractivity contribution in [3.05, 3.63) is 35.4 Å². The van der Waals surface area contributed by atoms with Gasteiger partial charge in [0.2, 0.25) is 0 Å². The summed E-state index contributed by atoms with van der Waals surface area (Å²) in [6.07, 6.45) is 1.41. The Morgan fingerprint density at radius 2 is 2.09 bits per heavy atom. The average molecular weight is 150 g/mol. The Morgan fingerprint density at radius 1 is 1.36 bits per heavy atom. The highest BCUT2D eigenvalue weighted by Crippen LogP contribution is 2.49. The van der Waals surface area contributed by atoms with E-state index >= 15 is 0 Å². The number of benzene rings is 1. The van der Waals surface area contributed by atoms with E-state index in [2.05, 4.69) is 0 Å². The van der Waals surface area contributed by atoms with E-state index in [1.807, 2.05) is 31.2 Å². The number of alkyl halides is 1. The lowest BCUT2D eigenvalue weighted by molar-refractivity contribution is 0.317. The van der Waals surface area contributed by atoms with Crippen LogP contribution < -0.4 is 0 Å². The van der Waals surface area contributed by atoms with E-state index in [4.69, 9.17) is 0 Å². The molecule has 58 valence electrons. The third-order valence-electron chi connectivity index (χ3n) is 2.22. The summed E-state index contributed by atoms with van der Waals surface area (Å²) in [5.41, 5.74) is 1.04. The van der Waals surface area contributed by atoms with Gasteiger partial charge >= 0.3 is 0 Å². The van der Waals surface area contributed by atoms with Crippen molar-refractivity contribution in [2.45, 2.75) is 25.4 Å². The van der Waals surface area contributed by atoms with Gasteiger partial charge in [0.05, 0.1) is 0 Å². The summed E-state index contributed by atoms with van der Waals surface area (Å²) in [4.78, 5) is 0. The Kier molecular flexibility index (Phi) is 1.28. The summed E-state index contributed by atoms with van der Waals surface area (Å²) in [6, 6.07) is 7.73. The van der Waals surface area contributed by atoms with Crippen LogP contribution >= 0.6 is 0 Å². The lowest BCUT2D eigenvalue weighted by Gasteiger charge is -2.04. The van der Waals surface area contributed by atoms with Crippen molar-refractivity contribution in [2.75, 3.05) is 0 Å². The molecule has 1 aromatic rings. The van der Waals surface area contributed by atoms with Gasteiger partial charge in [0.25, 0.3) is 0 Å². The summed E-state index contributed by atoms with van der Waals surface area (Å²) in [5.74, 6) is 0. The summed E-state index contributed by atoms with van der Waals surface area (Å²) in [5, 5.41) is 0. The second kappa shape index (κ2) is 2.07. The van der Waals surface area contributed by atoms with Crippen LogP contribution in [-0.2, 0) is 5.67 Å². The van der Waals surface area contributed by atoms with Crippen molar-refractivity contribution >= 4 is 0 Å². The average Bonchev–Trinajstić information content (AvgIpc) is 2.70. The summed E-state index contributed by atoms with van der Waals surface area (Å²) in [7, 11) is 0. The molecule has 1 fully saturated rings. The van der Waals surface area contributed by atoms with E-state index in [1.165, 1.54) is 0 Å². The van der Waals surface area contributed by atoms with Crippen LogP contribution in [0, 0.1) is 6.92 Å². The van der Waals surface area contributed by atoms with Gasteiger partial charge in [0.1, 0.15) is 5.67 Å². The van der Waals surface area contributed by atoms with E-state index < -0.39 is 5.67 Å². The number of hydrogen-bond acceptors (Lipinski definition) is 0. The molecule has 0 N–H and O–H groups in total. The monoisotopic (exact) mass is 150 g/mol. The first-order valence-corrected chi connectivity index (χ1v) is 3.97. The third-order valence-corrected chi connectivity index (χ3v) is 2.22. The van der Waals surface area contributed by atoms with Crippen LogP contribution in [-0.4, -0.2) is 0 Å². The molecule has 0 unspecified atom stereocenters. The molecule has 1 saturated carbocycles. The summed E-state index contributed by atoms with van der Waals surface area (Å²) in [6.45, 7) is 2.00. The molecule has 1 aliphatic rings. The Hall–Kier alpha value is -0.850. The molecule has 0 radical (unpaired) electrons. The Morgan fingerprint density at radius 3 is 2.64 bits per heavy atom. The fourth-order valence-electron chi connectivity index (χ4n) is 1.32. The number of rotatable bonds is 1. The molecule has 0 saturated heterocycles. The van der Waals surface area contributed by atoms with Gasteiger partial charge in [-0.25, -0.2) is 4.39 Å². The molecule has 2 rings (SSSR count). The normalized spacial score (nSPS) is 19.8. The van der Waals surface area contributed by atoms with E-state index in [0.29, 0.717) is 12.8 Å². The minimum Gasteiger partial charge on any atom is -0.239 e. The number of aryl methyl sites for hydroxylation is 1. The van der Waals surface area contributed by atoms with Crippen molar-refractivity contribution in [2.24, 2.45) is 0 Å². The van der Waals surface area contributed by atoms with E-state index in [0.717, 1.165) is 11.1 Å². The van der Waals surface area contributed by atoms with Crippen molar-refractivity contribution in [1.82, 2.24) is 0 Å². The first-order chi connectivity index (χ1) is 5.21. The SMILES string of the molecule is Cc1cccc(C2(F)CC2)c1. The molecule has 1 aromatic carbocycles. The molecule has 1 aliphatic carbocycles. The maximum absolute atomic E-state index is 13.4. The zero-order valence-electron chi connectivity index (χ0n) is 6.60. The molecule has 0 amide bonds. The first-order valence-electron chi connectivity index (χ1n) is 3.97. The van der Waals surface area contributed by atoms with Gasteiger partial charge in [-0.2, -0.15) is 0 Å². The molecule has 0 nitrogen and oxygen atoms in total. The molecule has 0 atom stereocenters. The Balaban J connectivity index is 2.38.